The lowest BCUT2D eigenvalue weighted by Crippen LogP contribution is -2.40. The average molecular weight is 388 g/mol. The normalized spacial score (nSPS) is 14.6. The van der Waals surface area contributed by atoms with E-state index in [-0.39, 0.29) is 22.8 Å². The molecule has 0 unspecified atom stereocenters. The number of anilines is 1. The van der Waals surface area contributed by atoms with Gasteiger partial charge in [0.15, 0.2) is 0 Å². The van der Waals surface area contributed by atoms with Gasteiger partial charge in [0.05, 0.1) is 16.5 Å². The van der Waals surface area contributed by atoms with Crippen molar-refractivity contribution in [3.05, 3.63) is 58.9 Å². The van der Waals surface area contributed by atoms with Crippen molar-refractivity contribution >= 4 is 35.1 Å². The highest BCUT2D eigenvalue weighted by Crippen LogP contribution is 2.21. The van der Waals surface area contributed by atoms with E-state index in [0.717, 1.165) is 0 Å². The van der Waals surface area contributed by atoms with Gasteiger partial charge in [-0.15, -0.1) is 0 Å². The minimum absolute atomic E-state index is 0.145. The molecule has 0 aliphatic carbocycles. The number of carboxylic acids is 1. The molecule has 2 amide bonds. The largest absolute Gasteiger partial charge is 0.481 e. The molecule has 0 bridgehead atoms. The van der Waals surface area contributed by atoms with Gasteiger partial charge in [0.25, 0.3) is 11.8 Å². The van der Waals surface area contributed by atoms with Gasteiger partial charge in [-0.1, -0.05) is 11.6 Å². The van der Waals surface area contributed by atoms with Crippen molar-refractivity contribution in [3.63, 3.8) is 0 Å². The molecule has 1 aliphatic rings. The number of aliphatic carboxylic acids is 1. The Labute approximate surface area is 161 Å². The number of nitrogens with one attached hydrogen (secondary N) is 1. The monoisotopic (exact) mass is 387 g/mol. The summed E-state index contributed by atoms with van der Waals surface area (Å²) in [5, 5.41) is 12.0. The van der Waals surface area contributed by atoms with Crippen LogP contribution in [-0.4, -0.2) is 45.9 Å². The van der Waals surface area contributed by atoms with Gasteiger partial charge in [0.2, 0.25) is 0 Å². The minimum Gasteiger partial charge on any atom is -0.481 e. The van der Waals surface area contributed by atoms with Crippen LogP contribution in [0.2, 0.25) is 5.02 Å². The van der Waals surface area contributed by atoms with E-state index in [1.165, 1.54) is 18.5 Å². The molecule has 0 spiro atoms. The molecule has 1 aliphatic heterocycles. The Morgan fingerprint density at radius 3 is 2.37 bits per heavy atom. The number of hydrogen-bond acceptors (Lipinski definition) is 4. The molecule has 2 N–H and O–H groups in total. The number of carbonyl (C=O) groups is 3. The number of piperidine rings is 1. The smallest absolute Gasteiger partial charge is 0.306 e. The summed E-state index contributed by atoms with van der Waals surface area (Å²) in [5.41, 5.74) is 1.34. The van der Waals surface area contributed by atoms with Crippen molar-refractivity contribution in [3.8, 4) is 0 Å². The zero-order valence-corrected chi connectivity index (χ0v) is 15.1. The van der Waals surface area contributed by atoms with Crippen LogP contribution in [0.5, 0.6) is 0 Å². The zero-order chi connectivity index (χ0) is 19.4. The van der Waals surface area contributed by atoms with Gasteiger partial charge >= 0.3 is 5.97 Å². The molecule has 0 radical (unpaired) electrons. The molecule has 1 aromatic heterocycles. The van der Waals surface area contributed by atoms with Crippen LogP contribution in [0.15, 0.2) is 42.7 Å². The number of pyridine rings is 1. The van der Waals surface area contributed by atoms with E-state index in [1.54, 1.807) is 29.2 Å². The summed E-state index contributed by atoms with van der Waals surface area (Å²) in [6.45, 7) is 0.851. The summed E-state index contributed by atoms with van der Waals surface area (Å²) in [6, 6.07) is 8.08. The maximum absolute atomic E-state index is 12.5. The predicted molar refractivity (Wildman–Crippen MR) is 99.9 cm³/mol. The van der Waals surface area contributed by atoms with Crippen molar-refractivity contribution in [2.45, 2.75) is 12.8 Å². The van der Waals surface area contributed by atoms with E-state index in [0.29, 0.717) is 42.7 Å². The Kier molecular flexibility index (Phi) is 5.71. The molecule has 3 rings (SSSR count). The molecule has 27 heavy (non-hydrogen) atoms. The Balaban J connectivity index is 1.62. The van der Waals surface area contributed by atoms with E-state index in [2.05, 4.69) is 10.3 Å². The number of amides is 2. The van der Waals surface area contributed by atoms with Crippen molar-refractivity contribution < 1.29 is 19.5 Å². The quantitative estimate of drug-likeness (QED) is 0.840. The van der Waals surface area contributed by atoms with E-state index in [9.17, 15) is 14.4 Å². The van der Waals surface area contributed by atoms with Crippen LogP contribution in [0.1, 0.15) is 33.6 Å². The molecule has 8 heteroatoms. The van der Waals surface area contributed by atoms with E-state index in [4.69, 9.17) is 16.7 Å². The lowest BCUT2D eigenvalue weighted by molar-refractivity contribution is -0.143. The third kappa shape index (κ3) is 4.43. The summed E-state index contributed by atoms with van der Waals surface area (Å²) in [4.78, 5) is 41.3. The van der Waals surface area contributed by atoms with Gasteiger partial charge in [-0.3, -0.25) is 19.4 Å². The summed E-state index contributed by atoms with van der Waals surface area (Å²) < 4.78 is 0. The van der Waals surface area contributed by atoms with E-state index in [1.807, 2.05) is 0 Å². The van der Waals surface area contributed by atoms with E-state index >= 15 is 0 Å². The van der Waals surface area contributed by atoms with Gasteiger partial charge < -0.3 is 15.3 Å². The topological polar surface area (TPSA) is 99.6 Å². The van der Waals surface area contributed by atoms with Gasteiger partial charge in [-0.05, 0) is 43.2 Å². The SMILES string of the molecule is O=C(Nc1ccc(C(=O)N2CCC(C(=O)O)CC2)cc1)c1ccncc1Cl. The molecule has 2 aromatic rings. The van der Waals surface area contributed by atoms with Crippen molar-refractivity contribution in [2.24, 2.45) is 5.92 Å². The number of likely N-dealkylation sites (tertiary alicyclic amines) is 1. The number of carbonyl (C=O) groups excluding carboxylic acids is 2. The maximum atomic E-state index is 12.5. The summed E-state index contributed by atoms with van der Waals surface area (Å²) in [6.07, 6.45) is 3.80. The first-order valence-electron chi connectivity index (χ1n) is 8.48. The third-order valence-corrected chi connectivity index (χ3v) is 4.84. The Hall–Kier alpha value is -2.93. The fourth-order valence-electron chi connectivity index (χ4n) is 2.97. The number of benzene rings is 1. The average Bonchev–Trinajstić information content (AvgIpc) is 2.68. The standard InChI is InChI=1S/C19H18ClN3O4/c20-16-11-21-8-5-15(16)17(24)22-14-3-1-12(2-4-14)18(25)23-9-6-13(7-10-23)19(26)27/h1-5,8,11,13H,6-7,9-10H2,(H,22,24)(H,26,27). The second kappa shape index (κ2) is 8.18. The predicted octanol–water partition coefficient (Wildman–Crippen LogP) is 2.92. The number of aromatic nitrogens is 1. The Morgan fingerprint density at radius 2 is 1.78 bits per heavy atom. The molecule has 0 atom stereocenters. The molecule has 140 valence electrons. The first-order chi connectivity index (χ1) is 13.0. The summed E-state index contributed by atoms with van der Waals surface area (Å²) in [7, 11) is 0. The number of carboxylic acid groups (broad SMARTS) is 1. The van der Waals surface area contributed by atoms with Crippen LogP contribution in [0.4, 0.5) is 5.69 Å². The fraction of sp³-hybridized carbons (Fsp3) is 0.263. The summed E-state index contributed by atoms with van der Waals surface area (Å²) >= 11 is 5.96. The lowest BCUT2D eigenvalue weighted by Gasteiger charge is -2.30. The first kappa shape index (κ1) is 18.8. The minimum atomic E-state index is -0.809. The van der Waals surface area contributed by atoms with Crippen molar-refractivity contribution in [2.75, 3.05) is 18.4 Å². The van der Waals surface area contributed by atoms with E-state index < -0.39 is 5.97 Å². The Bertz CT molecular complexity index is 862. The van der Waals surface area contributed by atoms with Crippen molar-refractivity contribution in [1.29, 1.82) is 0 Å². The number of hydrogen-bond donors (Lipinski definition) is 2. The highest BCUT2D eigenvalue weighted by atomic mass is 35.5. The Morgan fingerprint density at radius 1 is 1.11 bits per heavy atom. The highest BCUT2D eigenvalue weighted by molar-refractivity contribution is 6.34. The maximum Gasteiger partial charge on any atom is 0.306 e. The van der Waals surface area contributed by atoms with Gasteiger partial charge in [0.1, 0.15) is 0 Å². The highest BCUT2D eigenvalue weighted by Gasteiger charge is 2.27. The molecule has 1 fully saturated rings. The van der Waals surface area contributed by atoms with Gasteiger partial charge in [-0.2, -0.15) is 0 Å². The molecule has 2 heterocycles. The molecule has 0 saturated carbocycles. The molecule has 1 aromatic carbocycles. The number of rotatable bonds is 4. The van der Waals surface area contributed by atoms with Crippen LogP contribution < -0.4 is 5.32 Å². The van der Waals surface area contributed by atoms with Crippen LogP contribution in [0, 0.1) is 5.92 Å². The second-order valence-electron chi connectivity index (χ2n) is 6.29. The number of halogens is 1. The number of nitrogens with zero attached hydrogens (tertiary/aromatic N) is 2. The second-order valence-corrected chi connectivity index (χ2v) is 6.70. The van der Waals surface area contributed by atoms with Crippen LogP contribution in [-0.2, 0) is 4.79 Å². The van der Waals surface area contributed by atoms with Crippen LogP contribution in [0.25, 0.3) is 0 Å². The summed E-state index contributed by atoms with van der Waals surface area (Å²) in [5.74, 6) is -1.70. The fourth-order valence-corrected chi connectivity index (χ4v) is 3.17. The molecule has 1 saturated heterocycles. The molecular formula is C19H18ClN3O4. The van der Waals surface area contributed by atoms with Crippen molar-refractivity contribution in [1.82, 2.24) is 9.88 Å². The van der Waals surface area contributed by atoms with Gasteiger partial charge in [0, 0.05) is 36.7 Å². The van der Waals surface area contributed by atoms with Crippen LogP contribution in [0.3, 0.4) is 0 Å². The molecule has 7 nitrogen and oxygen atoms in total. The third-order valence-electron chi connectivity index (χ3n) is 4.54. The molecular weight excluding hydrogens is 370 g/mol. The first-order valence-corrected chi connectivity index (χ1v) is 8.86. The lowest BCUT2D eigenvalue weighted by atomic mass is 9.96. The van der Waals surface area contributed by atoms with Crippen LogP contribution >= 0.6 is 11.6 Å². The van der Waals surface area contributed by atoms with Gasteiger partial charge in [-0.25, -0.2) is 0 Å². The zero-order valence-electron chi connectivity index (χ0n) is 14.4.